The van der Waals surface area contributed by atoms with Crippen LogP contribution in [0.4, 0.5) is 0 Å². The quantitative estimate of drug-likeness (QED) is 0.643. The molecule has 2 aliphatic rings. The summed E-state index contributed by atoms with van der Waals surface area (Å²) in [4.78, 5) is 2.53. The van der Waals surface area contributed by atoms with Gasteiger partial charge in [0.25, 0.3) is 0 Å². The maximum absolute atomic E-state index is 5.58. The molecule has 1 atom stereocenters. The first-order valence-corrected chi connectivity index (χ1v) is 4.90. The number of hydrogen-bond acceptors (Lipinski definition) is 3. The summed E-state index contributed by atoms with van der Waals surface area (Å²) < 4.78 is 5.48. The summed E-state index contributed by atoms with van der Waals surface area (Å²) in [5.74, 6) is 0. The number of ether oxygens (including phenoxy) is 1. The van der Waals surface area contributed by atoms with Gasteiger partial charge >= 0.3 is 0 Å². The highest BCUT2D eigenvalue weighted by Crippen LogP contribution is 2.35. The van der Waals surface area contributed by atoms with Crippen LogP contribution in [0.1, 0.15) is 19.3 Å². The molecule has 1 unspecified atom stereocenters. The van der Waals surface area contributed by atoms with Crippen LogP contribution in [0.25, 0.3) is 0 Å². The summed E-state index contributed by atoms with van der Waals surface area (Å²) in [5.41, 5.74) is 5.97. The third kappa shape index (κ3) is 1.26. The maximum Gasteiger partial charge on any atom is 0.0651 e. The van der Waals surface area contributed by atoms with Gasteiger partial charge in [-0.1, -0.05) is 0 Å². The molecule has 0 aromatic heterocycles. The normalized spacial score (nSPS) is 36.8. The summed E-state index contributed by atoms with van der Waals surface area (Å²) in [6.07, 6.45) is 3.85. The molecule has 2 heterocycles. The van der Waals surface area contributed by atoms with Gasteiger partial charge in [-0.15, -0.1) is 0 Å². The molecule has 2 aliphatic heterocycles. The Kier molecular flexibility index (Phi) is 2.35. The molecule has 3 nitrogen and oxygen atoms in total. The van der Waals surface area contributed by atoms with Crippen LogP contribution in [0.5, 0.6) is 0 Å². The lowest BCUT2D eigenvalue weighted by molar-refractivity contribution is 0.104. The molecule has 2 fully saturated rings. The molecule has 2 N–H and O–H groups in total. The SMILES string of the molecule is NCCN1CCCC12CCOC2. The van der Waals surface area contributed by atoms with E-state index in [4.69, 9.17) is 10.5 Å². The fourth-order valence-corrected chi connectivity index (χ4v) is 2.54. The average molecular weight is 170 g/mol. The second-order valence-corrected chi connectivity index (χ2v) is 3.91. The average Bonchev–Trinajstić information content (AvgIpc) is 2.66. The molecule has 2 rings (SSSR count). The van der Waals surface area contributed by atoms with Gasteiger partial charge in [0.1, 0.15) is 0 Å². The molecule has 0 bridgehead atoms. The minimum Gasteiger partial charge on any atom is -0.379 e. The first-order valence-electron chi connectivity index (χ1n) is 4.90. The lowest BCUT2D eigenvalue weighted by Gasteiger charge is -2.33. The van der Waals surface area contributed by atoms with Crippen molar-refractivity contribution in [1.29, 1.82) is 0 Å². The van der Waals surface area contributed by atoms with Gasteiger partial charge in [-0.2, -0.15) is 0 Å². The van der Waals surface area contributed by atoms with Crippen LogP contribution in [0.3, 0.4) is 0 Å². The zero-order valence-electron chi connectivity index (χ0n) is 7.59. The Morgan fingerprint density at radius 3 is 3.00 bits per heavy atom. The van der Waals surface area contributed by atoms with Crippen molar-refractivity contribution in [3.63, 3.8) is 0 Å². The Labute approximate surface area is 73.9 Å². The van der Waals surface area contributed by atoms with Gasteiger partial charge in [-0.25, -0.2) is 0 Å². The highest BCUT2D eigenvalue weighted by Gasteiger charge is 2.43. The minimum atomic E-state index is 0.388. The van der Waals surface area contributed by atoms with Crippen LogP contribution < -0.4 is 5.73 Å². The minimum absolute atomic E-state index is 0.388. The smallest absolute Gasteiger partial charge is 0.0651 e. The van der Waals surface area contributed by atoms with E-state index in [9.17, 15) is 0 Å². The third-order valence-electron chi connectivity index (χ3n) is 3.22. The Morgan fingerprint density at radius 1 is 1.42 bits per heavy atom. The number of nitrogens with two attached hydrogens (primary N) is 1. The Hall–Kier alpha value is -0.120. The zero-order chi connectivity index (χ0) is 8.44. The number of likely N-dealkylation sites (tertiary alicyclic amines) is 1. The molecule has 0 radical (unpaired) electrons. The van der Waals surface area contributed by atoms with E-state index in [1.54, 1.807) is 0 Å². The maximum atomic E-state index is 5.58. The van der Waals surface area contributed by atoms with Gasteiger partial charge in [-0.3, -0.25) is 4.90 Å². The first-order chi connectivity index (χ1) is 5.87. The number of rotatable bonds is 2. The molecule has 3 heteroatoms. The topological polar surface area (TPSA) is 38.5 Å². The molecule has 12 heavy (non-hydrogen) atoms. The largest absolute Gasteiger partial charge is 0.379 e. The van der Waals surface area contributed by atoms with Crippen LogP contribution in [-0.2, 0) is 4.74 Å². The molecule has 0 amide bonds. The fourth-order valence-electron chi connectivity index (χ4n) is 2.54. The summed E-state index contributed by atoms with van der Waals surface area (Å²) in [6.45, 7) is 4.93. The van der Waals surface area contributed by atoms with Crippen molar-refractivity contribution in [2.75, 3.05) is 32.8 Å². The lowest BCUT2D eigenvalue weighted by atomic mass is 9.95. The van der Waals surface area contributed by atoms with E-state index in [2.05, 4.69) is 4.90 Å². The van der Waals surface area contributed by atoms with E-state index in [0.717, 1.165) is 26.3 Å². The predicted molar refractivity (Wildman–Crippen MR) is 48.0 cm³/mol. The lowest BCUT2D eigenvalue weighted by Crippen LogP contribution is -2.46. The molecular weight excluding hydrogens is 152 g/mol. The van der Waals surface area contributed by atoms with Crippen molar-refractivity contribution in [2.24, 2.45) is 5.73 Å². The summed E-state index contributed by atoms with van der Waals surface area (Å²) in [6, 6.07) is 0. The van der Waals surface area contributed by atoms with Gasteiger partial charge in [0.2, 0.25) is 0 Å². The van der Waals surface area contributed by atoms with Crippen LogP contribution >= 0.6 is 0 Å². The van der Waals surface area contributed by atoms with E-state index in [0.29, 0.717) is 5.54 Å². The molecular formula is C9H18N2O. The van der Waals surface area contributed by atoms with Crippen molar-refractivity contribution in [2.45, 2.75) is 24.8 Å². The monoisotopic (exact) mass is 170 g/mol. The van der Waals surface area contributed by atoms with Crippen molar-refractivity contribution >= 4 is 0 Å². The van der Waals surface area contributed by atoms with E-state index in [-0.39, 0.29) is 0 Å². The fraction of sp³-hybridized carbons (Fsp3) is 1.00. The van der Waals surface area contributed by atoms with E-state index >= 15 is 0 Å². The highest BCUT2D eigenvalue weighted by atomic mass is 16.5. The molecule has 0 aliphatic carbocycles. The highest BCUT2D eigenvalue weighted by molar-refractivity contribution is 4.98. The van der Waals surface area contributed by atoms with Crippen LogP contribution in [0, 0.1) is 0 Å². The molecule has 0 aromatic carbocycles. The standard InChI is InChI=1S/C9H18N2O/c10-4-6-11-5-1-2-9(11)3-7-12-8-9/h1-8,10H2. The van der Waals surface area contributed by atoms with Crippen molar-refractivity contribution in [3.8, 4) is 0 Å². The van der Waals surface area contributed by atoms with Gasteiger partial charge in [0.15, 0.2) is 0 Å². The summed E-state index contributed by atoms with van der Waals surface area (Å²) in [7, 11) is 0. The number of hydrogen-bond donors (Lipinski definition) is 1. The summed E-state index contributed by atoms with van der Waals surface area (Å²) >= 11 is 0. The van der Waals surface area contributed by atoms with Gasteiger partial charge < -0.3 is 10.5 Å². The van der Waals surface area contributed by atoms with Crippen LogP contribution in [0.15, 0.2) is 0 Å². The number of nitrogens with zero attached hydrogens (tertiary/aromatic N) is 1. The Morgan fingerprint density at radius 2 is 2.33 bits per heavy atom. The van der Waals surface area contributed by atoms with Gasteiger partial charge in [0.05, 0.1) is 6.61 Å². The summed E-state index contributed by atoms with van der Waals surface area (Å²) in [5, 5.41) is 0. The van der Waals surface area contributed by atoms with Gasteiger partial charge in [0, 0.05) is 25.2 Å². The van der Waals surface area contributed by atoms with E-state index in [1.165, 1.54) is 25.8 Å². The molecule has 2 saturated heterocycles. The van der Waals surface area contributed by atoms with Gasteiger partial charge in [-0.05, 0) is 25.8 Å². The van der Waals surface area contributed by atoms with E-state index in [1.807, 2.05) is 0 Å². The van der Waals surface area contributed by atoms with Crippen molar-refractivity contribution in [3.05, 3.63) is 0 Å². The third-order valence-corrected chi connectivity index (χ3v) is 3.22. The second-order valence-electron chi connectivity index (χ2n) is 3.91. The van der Waals surface area contributed by atoms with E-state index < -0.39 is 0 Å². The molecule has 1 spiro atoms. The predicted octanol–water partition coefficient (Wildman–Crippen LogP) is 0.200. The van der Waals surface area contributed by atoms with Crippen LogP contribution in [-0.4, -0.2) is 43.3 Å². The second kappa shape index (κ2) is 3.32. The Balaban J connectivity index is 2.01. The first kappa shape index (κ1) is 8.48. The molecule has 0 aromatic rings. The molecule has 0 saturated carbocycles. The van der Waals surface area contributed by atoms with Crippen molar-refractivity contribution in [1.82, 2.24) is 4.90 Å². The van der Waals surface area contributed by atoms with Crippen molar-refractivity contribution < 1.29 is 4.74 Å². The molecule has 70 valence electrons. The Bertz CT molecular complexity index is 149. The van der Waals surface area contributed by atoms with Crippen LogP contribution in [0.2, 0.25) is 0 Å². The zero-order valence-corrected chi connectivity index (χ0v) is 7.59.